The molecule has 0 aliphatic carbocycles. The van der Waals surface area contributed by atoms with Crippen molar-refractivity contribution in [3.8, 4) is 0 Å². The van der Waals surface area contributed by atoms with Gasteiger partial charge in [-0.15, -0.1) is 0 Å². The summed E-state index contributed by atoms with van der Waals surface area (Å²) in [4.78, 5) is 11.8. The molecule has 19 heavy (non-hydrogen) atoms. The molecule has 0 unspecified atom stereocenters. The molecule has 1 aromatic carbocycles. The van der Waals surface area contributed by atoms with Gasteiger partial charge in [0.1, 0.15) is 0 Å². The Hall–Kier alpha value is -1.05. The van der Waals surface area contributed by atoms with E-state index in [1.54, 1.807) is 0 Å². The van der Waals surface area contributed by atoms with Crippen molar-refractivity contribution in [2.45, 2.75) is 6.42 Å². The Bertz CT molecular complexity index is 502. The fraction of sp³-hybridized carbons (Fsp3) is 0.417. The zero-order chi connectivity index (χ0) is 14.3. The Morgan fingerprint density at radius 2 is 1.95 bits per heavy atom. The molecular formula is C12H17NO4S2. The van der Waals surface area contributed by atoms with Gasteiger partial charge in [0.05, 0.1) is 11.7 Å². The summed E-state index contributed by atoms with van der Waals surface area (Å²) in [7, 11) is -4.04. The van der Waals surface area contributed by atoms with E-state index < -0.39 is 15.9 Å². The van der Waals surface area contributed by atoms with Crippen LogP contribution in [0.1, 0.15) is 5.56 Å². The van der Waals surface area contributed by atoms with Crippen LogP contribution in [0.5, 0.6) is 0 Å². The second-order valence-electron chi connectivity index (χ2n) is 4.15. The zero-order valence-corrected chi connectivity index (χ0v) is 12.0. The second-order valence-corrected chi connectivity index (χ2v) is 6.08. The third-order valence-corrected chi connectivity index (χ3v) is 3.74. The van der Waals surface area contributed by atoms with Crippen LogP contribution >= 0.6 is 12.6 Å². The van der Waals surface area contributed by atoms with E-state index in [0.29, 0.717) is 12.2 Å². The van der Waals surface area contributed by atoms with Crippen molar-refractivity contribution in [2.75, 3.05) is 18.1 Å². The third-order valence-electron chi connectivity index (χ3n) is 2.58. The molecule has 7 heteroatoms. The van der Waals surface area contributed by atoms with E-state index in [-0.39, 0.29) is 18.4 Å². The van der Waals surface area contributed by atoms with Gasteiger partial charge in [-0.3, -0.25) is 9.35 Å². The van der Waals surface area contributed by atoms with Gasteiger partial charge in [-0.1, -0.05) is 30.3 Å². The van der Waals surface area contributed by atoms with E-state index >= 15 is 0 Å². The quantitative estimate of drug-likeness (QED) is 0.513. The van der Waals surface area contributed by atoms with Crippen molar-refractivity contribution in [2.24, 2.45) is 5.92 Å². The van der Waals surface area contributed by atoms with Crippen LogP contribution in [0.3, 0.4) is 0 Å². The van der Waals surface area contributed by atoms with Crippen LogP contribution in [0.15, 0.2) is 30.3 Å². The topological polar surface area (TPSA) is 83.5 Å². The fourth-order valence-electron chi connectivity index (χ4n) is 1.59. The normalized spacial score (nSPS) is 12.9. The molecule has 0 aliphatic rings. The lowest BCUT2D eigenvalue weighted by Gasteiger charge is -2.14. The zero-order valence-electron chi connectivity index (χ0n) is 10.3. The van der Waals surface area contributed by atoms with Gasteiger partial charge < -0.3 is 5.32 Å². The molecule has 1 rings (SSSR count). The highest BCUT2D eigenvalue weighted by atomic mass is 32.2. The molecule has 0 heterocycles. The standard InChI is InChI=1S/C12H17NO4S2/c14-12(13-6-7-19(15,16)17)11(9-18)8-10-4-2-1-3-5-10/h1-5,11,18H,6-9H2,(H,13,14)(H,15,16,17)/t11-/m1/s1. The SMILES string of the molecule is O=C(NCCS(=O)(=O)O)[C@@H](CS)Cc1ccccc1. The molecule has 0 fully saturated rings. The van der Waals surface area contributed by atoms with Gasteiger partial charge in [0.25, 0.3) is 10.1 Å². The van der Waals surface area contributed by atoms with E-state index in [1.165, 1.54) is 0 Å². The van der Waals surface area contributed by atoms with E-state index in [2.05, 4.69) is 17.9 Å². The first-order valence-electron chi connectivity index (χ1n) is 5.80. The predicted molar refractivity (Wildman–Crippen MR) is 76.9 cm³/mol. The van der Waals surface area contributed by atoms with Crippen LogP contribution in [-0.4, -0.2) is 36.9 Å². The summed E-state index contributed by atoms with van der Waals surface area (Å²) in [5, 5.41) is 2.48. The van der Waals surface area contributed by atoms with Crippen molar-refractivity contribution in [3.63, 3.8) is 0 Å². The Morgan fingerprint density at radius 3 is 2.47 bits per heavy atom. The molecule has 0 bridgehead atoms. The van der Waals surface area contributed by atoms with Crippen LogP contribution in [0, 0.1) is 5.92 Å². The number of carbonyl (C=O) groups is 1. The highest BCUT2D eigenvalue weighted by Crippen LogP contribution is 2.10. The van der Waals surface area contributed by atoms with E-state index in [1.807, 2.05) is 30.3 Å². The molecule has 106 valence electrons. The van der Waals surface area contributed by atoms with Crippen molar-refractivity contribution in [1.29, 1.82) is 0 Å². The minimum atomic E-state index is -4.04. The average molecular weight is 303 g/mol. The second kappa shape index (κ2) is 7.52. The Morgan fingerprint density at radius 1 is 1.32 bits per heavy atom. The van der Waals surface area contributed by atoms with E-state index in [4.69, 9.17) is 4.55 Å². The minimum Gasteiger partial charge on any atom is -0.355 e. The first kappa shape index (κ1) is 16.0. The monoisotopic (exact) mass is 303 g/mol. The van der Waals surface area contributed by atoms with Gasteiger partial charge in [0, 0.05) is 12.3 Å². The number of thiol groups is 1. The maximum Gasteiger partial charge on any atom is 0.266 e. The lowest BCUT2D eigenvalue weighted by Crippen LogP contribution is -2.35. The van der Waals surface area contributed by atoms with Gasteiger partial charge >= 0.3 is 0 Å². The number of hydrogen-bond acceptors (Lipinski definition) is 4. The largest absolute Gasteiger partial charge is 0.355 e. The molecule has 2 N–H and O–H groups in total. The summed E-state index contributed by atoms with van der Waals surface area (Å²) in [6.07, 6.45) is 0.544. The third kappa shape index (κ3) is 6.60. The number of nitrogens with one attached hydrogen (secondary N) is 1. The van der Waals surface area contributed by atoms with Gasteiger partial charge in [-0.2, -0.15) is 21.0 Å². The van der Waals surface area contributed by atoms with Crippen molar-refractivity contribution < 1.29 is 17.8 Å². The number of amides is 1. The number of rotatable bonds is 7. The summed E-state index contributed by atoms with van der Waals surface area (Å²) in [5.74, 6) is -0.703. The van der Waals surface area contributed by atoms with Crippen molar-refractivity contribution in [3.05, 3.63) is 35.9 Å². The summed E-state index contributed by atoms with van der Waals surface area (Å²) in [6, 6.07) is 9.51. The van der Waals surface area contributed by atoms with E-state index in [9.17, 15) is 13.2 Å². The van der Waals surface area contributed by atoms with E-state index in [0.717, 1.165) is 5.56 Å². The summed E-state index contributed by atoms with van der Waals surface area (Å²) in [5.41, 5.74) is 1.02. The molecule has 0 aromatic heterocycles. The smallest absolute Gasteiger partial charge is 0.266 e. The highest BCUT2D eigenvalue weighted by molar-refractivity contribution is 7.85. The van der Waals surface area contributed by atoms with Crippen LogP contribution in [0.4, 0.5) is 0 Å². The average Bonchev–Trinajstić information content (AvgIpc) is 2.35. The number of benzene rings is 1. The molecule has 1 atom stereocenters. The van der Waals surface area contributed by atoms with Gasteiger partial charge in [-0.25, -0.2) is 0 Å². The first-order valence-corrected chi connectivity index (χ1v) is 8.04. The lowest BCUT2D eigenvalue weighted by molar-refractivity contribution is -0.124. The van der Waals surface area contributed by atoms with Gasteiger partial charge in [-0.05, 0) is 12.0 Å². The fourth-order valence-corrected chi connectivity index (χ4v) is 2.24. The number of hydrogen-bond donors (Lipinski definition) is 3. The van der Waals surface area contributed by atoms with Gasteiger partial charge in [0.2, 0.25) is 5.91 Å². The summed E-state index contributed by atoms with van der Waals surface area (Å²) in [6.45, 7) is -0.100. The molecule has 0 radical (unpaired) electrons. The minimum absolute atomic E-state index is 0.100. The maximum atomic E-state index is 11.8. The molecule has 0 aliphatic heterocycles. The molecule has 0 saturated carbocycles. The van der Waals surface area contributed by atoms with Crippen molar-refractivity contribution >= 4 is 28.7 Å². The Kier molecular flexibility index (Phi) is 6.33. The van der Waals surface area contributed by atoms with Crippen LogP contribution in [-0.2, 0) is 21.3 Å². The Labute approximate surface area is 118 Å². The molecular weight excluding hydrogens is 286 g/mol. The molecule has 0 saturated heterocycles. The molecule has 0 spiro atoms. The maximum absolute atomic E-state index is 11.8. The summed E-state index contributed by atoms with van der Waals surface area (Å²) < 4.78 is 29.6. The first-order chi connectivity index (χ1) is 8.92. The van der Waals surface area contributed by atoms with Crippen LogP contribution < -0.4 is 5.32 Å². The van der Waals surface area contributed by atoms with Gasteiger partial charge in [0.15, 0.2) is 0 Å². The highest BCUT2D eigenvalue weighted by Gasteiger charge is 2.17. The van der Waals surface area contributed by atoms with Crippen molar-refractivity contribution in [1.82, 2.24) is 5.32 Å². The van der Waals surface area contributed by atoms with Crippen LogP contribution in [0.2, 0.25) is 0 Å². The predicted octanol–water partition coefficient (Wildman–Crippen LogP) is 0.779. The molecule has 5 nitrogen and oxygen atoms in total. The summed E-state index contributed by atoms with van der Waals surface area (Å²) >= 11 is 4.14. The molecule has 1 aromatic rings. The lowest BCUT2D eigenvalue weighted by atomic mass is 10.0. The number of carbonyl (C=O) groups excluding carboxylic acids is 1. The molecule has 1 amide bonds. The Balaban J connectivity index is 2.48. The van der Waals surface area contributed by atoms with Crippen LogP contribution in [0.25, 0.3) is 0 Å².